The van der Waals surface area contributed by atoms with Gasteiger partial charge in [-0.25, -0.2) is 0 Å². The van der Waals surface area contributed by atoms with Crippen LogP contribution in [0.1, 0.15) is 26.6 Å². The van der Waals surface area contributed by atoms with Gasteiger partial charge in [-0.15, -0.1) is 10.2 Å². The fraction of sp³-hybridized carbons (Fsp3) is 0.385. The summed E-state index contributed by atoms with van der Waals surface area (Å²) in [4.78, 5) is 0. The summed E-state index contributed by atoms with van der Waals surface area (Å²) < 4.78 is 3.00. The van der Waals surface area contributed by atoms with E-state index in [1.807, 2.05) is 18.2 Å². The second-order valence-corrected chi connectivity index (χ2v) is 7.03. The molecule has 0 bridgehead atoms. The van der Waals surface area contributed by atoms with E-state index in [1.54, 1.807) is 0 Å². The molecule has 1 heterocycles. The Morgan fingerprint density at radius 1 is 1.26 bits per heavy atom. The van der Waals surface area contributed by atoms with Crippen molar-refractivity contribution in [2.24, 2.45) is 0 Å². The second-order valence-electron chi connectivity index (χ2n) is 5.21. The van der Waals surface area contributed by atoms with E-state index in [-0.39, 0.29) is 5.54 Å². The molecule has 0 atom stereocenters. The van der Waals surface area contributed by atoms with Crippen molar-refractivity contribution in [1.29, 1.82) is 0 Å². The molecule has 102 valence electrons. The Morgan fingerprint density at radius 3 is 2.47 bits per heavy atom. The minimum atomic E-state index is -0.0957. The van der Waals surface area contributed by atoms with Gasteiger partial charge in [0.05, 0.1) is 10.4 Å². The number of benzene rings is 1. The first-order valence-corrected chi connectivity index (χ1v) is 8.10. The molecule has 0 radical (unpaired) electrons. The summed E-state index contributed by atoms with van der Waals surface area (Å²) in [5, 5.41) is 9.88. The SMILES string of the molecule is CC(C)(C)n1c(CBr)nnc1-c1ccc(Br)c(Cl)c1. The molecule has 1 aromatic heterocycles. The standard InChI is InChI=1S/C13H14Br2ClN3/c1-13(2,3)19-11(7-14)17-18-12(19)8-4-5-9(15)10(16)6-8/h4-6H,7H2,1-3H3. The van der Waals surface area contributed by atoms with Crippen LogP contribution in [0.3, 0.4) is 0 Å². The van der Waals surface area contributed by atoms with Crippen molar-refractivity contribution in [3.63, 3.8) is 0 Å². The molecule has 0 N–H and O–H groups in total. The highest BCUT2D eigenvalue weighted by Crippen LogP contribution is 2.31. The smallest absolute Gasteiger partial charge is 0.164 e. The maximum Gasteiger partial charge on any atom is 0.164 e. The molecule has 0 unspecified atom stereocenters. The van der Waals surface area contributed by atoms with E-state index in [4.69, 9.17) is 11.6 Å². The normalized spacial score (nSPS) is 11.9. The monoisotopic (exact) mass is 405 g/mol. The summed E-state index contributed by atoms with van der Waals surface area (Å²) in [7, 11) is 0. The minimum Gasteiger partial charge on any atom is -0.305 e. The van der Waals surface area contributed by atoms with E-state index >= 15 is 0 Å². The third-order valence-electron chi connectivity index (χ3n) is 2.70. The number of nitrogens with zero attached hydrogens (tertiary/aromatic N) is 3. The fourth-order valence-corrected chi connectivity index (χ4v) is 2.72. The highest BCUT2D eigenvalue weighted by Gasteiger charge is 2.23. The lowest BCUT2D eigenvalue weighted by atomic mass is 10.1. The minimum absolute atomic E-state index is 0.0957. The number of halogens is 3. The molecular weight excluding hydrogens is 393 g/mol. The third-order valence-corrected chi connectivity index (χ3v) is 4.43. The van der Waals surface area contributed by atoms with Gasteiger partial charge in [0, 0.05) is 15.6 Å². The van der Waals surface area contributed by atoms with Gasteiger partial charge in [0.2, 0.25) is 0 Å². The summed E-state index contributed by atoms with van der Waals surface area (Å²) in [5.41, 5.74) is 0.865. The fourth-order valence-electron chi connectivity index (χ4n) is 1.93. The van der Waals surface area contributed by atoms with Crippen LogP contribution in [0, 0.1) is 0 Å². The molecule has 0 aliphatic heterocycles. The van der Waals surface area contributed by atoms with Crippen molar-refractivity contribution in [1.82, 2.24) is 14.8 Å². The molecule has 0 amide bonds. The first-order chi connectivity index (χ1) is 8.84. The van der Waals surface area contributed by atoms with Crippen LogP contribution in [0.5, 0.6) is 0 Å². The molecule has 3 nitrogen and oxygen atoms in total. The second kappa shape index (κ2) is 5.54. The van der Waals surface area contributed by atoms with E-state index < -0.39 is 0 Å². The lowest BCUT2D eigenvalue weighted by molar-refractivity contribution is 0.391. The first-order valence-electron chi connectivity index (χ1n) is 5.80. The maximum atomic E-state index is 6.16. The number of rotatable bonds is 2. The number of alkyl halides is 1. The van der Waals surface area contributed by atoms with Crippen molar-refractivity contribution in [3.8, 4) is 11.4 Å². The first kappa shape index (κ1) is 15.0. The van der Waals surface area contributed by atoms with Crippen LogP contribution < -0.4 is 0 Å². The van der Waals surface area contributed by atoms with Crippen molar-refractivity contribution in [2.45, 2.75) is 31.6 Å². The zero-order chi connectivity index (χ0) is 14.2. The van der Waals surface area contributed by atoms with E-state index in [0.29, 0.717) is 10.4 Å². The topological polar surface area (TPSA) is 30.7 Å². The van der Waals surface area contributed by atoms with Gasteiger partial charge in [0.25, 0.3) is 0 Å². The Hall–Kier alpha value is -0.390. The molecular formula is C13H14Br2ClN3. The highest BCUT2D eigenvalue weighted by atomic mass is 79.9. The van der Waals surface area contributed by atoms with Gasteiger partial charge in [-0.3, -0.25) is 0 Å². The predicted octanol–water partition coefficient (Wildman–Crippen LogP) is 5.01. The Balaban J connectivity index is 2.62. The molecule has 19 heavy (non-hydrogen) atoms. The zero-order valence-electron chi connectivity index (χ0n) is 10.9. The van der Waals surface area contributed by atoms with Gasteiger partial charge in [-0.2, -0.15) is 0 Å². The molecule has 0 saturated carbocycles. The molecule has 0 saturated heterocycles. The third kappa shape index (κ3) is 3.03. The Labute approximate surface area is 134 Å². The quantitative estimate of drug-likeness (QED) is 0.655. The summed E-state index contributed by atoms with van der Waals surface area (Å²) in [6.07, 6.45) is 0. The van der Waals surface area contributed by atoms with Crippen LogP contribution in [0.25, 0.3) is 11.4 Å². The average molecular weight is 408 g/mol. The molecule has 1 aromatic carbocycles. The van der Waals surface area contributed by atoms with Gasteiger partial charge in [0.15, 0.2) is 5.82 Å². The van der Waals surface area contributed by atoms with Crippen molar-refractivity contribution in [3.05, 3.63) is 33.5 Å². The Bertz CT molecular complexity index is 602. The lowest BCUT2D eigenvalue weighted by Gasteiger charge is -2.24. The van der Waals surface area contributed by atoms with Crippen LogP contribution in [-0.2, 0) is 10.9 Å². The van der Waals surface area contributed by atoms with Crippen LogP contribution in [-0.4, -0.2) is 14.8 Å². The van der Waals surface area contributed by atoms with Gasteiger partial charge in [0.1, 0.15) is 5.82 Å². The Kier molecular flexibility index (Phi) is 4.38. The molecule has 0 fully saturated rings. The number of hydrogen-bond donors (Lipinski definition) is 0. The molecule has 2 rings (SSSR count). The van der Waals surface area contributed by atoms with Crippen molar-refractivity contribution < 1.29 is 0 Å². The highest BCUT2D eigenvalue weighted by molar-refractivity contribution is 9.10. The van der Waals surface area contributed by atoms with Crippen LogP contribution >= 0.6 is 43.5 Å². The largest absolute Gasteiger partial charge is 0.305 e. The summed E-state index contributed by atoms with van der Waals surface area (Å²) in [6, 6.07) is 5.81. The molecule has 6 heteroatoms. The predicted molar refractivity (Wildman–Crippen MR) is 85.8 cm³/mol. The van der Waals surface area contributed by atoms with Crippen LogP contribution in [0.15, 0.2) is 22.7 Å². The number of aromatic nitrogens is 3. The summed E-state index contributed by atoms with van der Waals surface area (Å²) in [5.74, 6) is 1.73. The molecule has 0 aliphatic rings. The van der Waals surface area contributed by atoms with Gasteiger partial charge in [-0.05, 0) is 54.9 Å². The maximum absolute atomic E-state index is 6.16. The van der Waals surface area contributed by atoms with E-state index in [2.05, 4.69) is 67.4 Å². The molecule has 2 aromatic rings. The van der Waals surface area contributed by atoms with Crippen molar-refractivity contribution >= 4 is 43.5 Å². The van der Waals surface area contributed by atoms with Gasteiger partial charge in [-0.1, -0.05) is 27.5 Å². The Morgan fingerprint density at radius 2 is 1.95 bits per heavy atom. The van der Waals surface area contributed by atoms with Crippen LogP contribution in [0.4, 0.5) is 0 Å². The van der Waals surface area contributed by atoms with E-state index in [0.717, 1.165) is 21.7 Å². The van der Waals surface area contributed by atoms with Crippen LogP contribution in [0.2, 0.25) is 5.02 Å². The van der Waals surface area contributed by atoms with Gasteiger partial charge >= 0.3 is 0 Å². The van der Waals surface area contributed by atoms with E-state index in [9.17, 15) is 0 Å². The lowest BCUT2D eigenvalue weighted by Crippen LogP contribution is -2.24. The molecule has 0 spiro atoms. The van der Waals surface area contributed by atoms with Gasteiger partial charge < -0.3 is 4.57 Å². The van der Waals surface area contributed by atoms with Crippen molar-refractivity contribution in [2.75, 3.05) is 0 Å². The molecule has 0 aliphatic carbocycles. The van der Waals surface area contributed by atoms with E-state index in [1.165, 1.54) is 0 Å². The average Bonchev–Trinajstić information content (AvgIpc) is 2.76. The number of hydrogen-bond acceptors (Lipinski definition) is 2. The summed E-state index contributed by atoms with van der Waals surface area (Å²) in [6.45, 7) is 6.39. The zero-order valence-corrected chi connectivity index (χ0v) is 14.8. The summed E-state index contributed by atoms with van der Waals surface area (Å²) >= 11 is 13.0.